The van der Waals surface area contributed by atoms with E-state index >= 15 is 0 Å². The number of carbonyl (C=O) groups excluding carboxylic acids is 1. The highest BCUT2D eigenvalue weighted by Gasteiger charge is 2.32. The number of rotatable bonds is 2. The van der Waals surface area contributed by atoms with Gasteiger partial charge < -0.3 is 29.6 Å². The zero-order valence-corrected chi connectivity index (χ0v) is 25.0. The van der Waals surface area contributed by atoms with Crippen LogP contribution in [-0.4, -0.2) is 90.5 Å². The molecule has 12 heteroatoms. The summed E-state index contributed by atoms with van der Waals surface area (Å²) in [5.74, 6) is 6.06. The minimum atomic E-state index is -4.42. The highest BCUT2D eigenvalue weighted by Crippen LogP contribution is 2.40. The molecular formula is C32H39F3N6O3. The summed E-state index contributed by atoms with van der Waals surface area (Å²) in [4.78, 5) is 15.4. The van der Waals surface area contributed by atoms with Crippen LogP contribution in [0.15, 0.2) is 30.5 Å². The van der Waals surface area contributed by atoms with Gasteiger partial charge >= 0.3 is 6.18 Å². The number of hydrogen-bond acceptors (Lipinski definition) is 6. The van der Waals surface area contributed by atoms with Gasteiger partial charge in [-0.15, -0.1) is 0 Å². The van der Waals surface area contributed by atoms with Crippen LogP contribution < -0.4 is 10.6 Å². The van der Waals surface area contributed by atoms with Crippen molar-refractivity contribution >= 4 is 22.5 Å². The molecule has 2 N–H and O–H groups in total. The maximum atomic E-state index is 13.7. The fourth-order valence-electron chi connectivity index (χ4n) is 6.21. The normalized spacial score (nSPS) is 23.0. The molecule has 236 valence electrons. The number of aromatic nitrogens is 3. The van der Waals surface area contributed by atoms with Gasteiger partial charge in [0.1, 0.15) is 6.54 Å². The quantitative estimate of drug-likeness (QED) is 0.422. The number of fused-ring (bicyclic) bond motifs is 4. The van der Waals surface area contributed by atoms with Gasteiger partial charge in [0.05, 0.1) is 55.4 Å². The summed E-state index contributed by atoms with van der Waals surface area (Å²) in [5, 5.41) is 11.8. The first-order valence-electron chi connectivity index (χ1n) is 15.4. The molecule has 1 saturated heterocycles. The summed E-state index contributed by atoms with van der Waals surface area (Å²) in [5.41, 5.74) is 2.77. The Balaban J connectivity index is 1.30. The number of halogens is 3. The second-order valence-electron chi connectivity index (χ2n) is 12.0. The topological polar surface area (TPSA) is 85.6 Å². The van der Waals surface area contributed by atoms with Crippen molar-refractivity contribution in [2.24, 2.45) is 5.92 Å². The Morgan fingerprint density at radius 2 is 1.89 bits per heavy atom. The first kappa shape index (κ1) is 30.5. The van der Waals surface area contributed by atoms with E-state index in [1.807, 2.05) is 6.07 Å². The third kappa shape index (κ3) is 7.39. The van der Waals surface area contributed by atoms with Crippen molar-refractivity contribution in [3.8, 4) is 11.8 Å². The number of piperidine rings is 1. The fraction of sp³-hybridized carbons (Fsp3) is 0.562. The fourth-order valence-corrected chi connectivity index (χ4v) is 6.21. The van der Waals surface area contributed by atoms with Crippen LogP contribution in [0.5, 0.6) is 0 Å². The van der Waals surface area contributed by atoms with Crippen molar-refractivity contribution in [3.05, 3.63) is 47.4 Å². The standard InChI is InChI=1S/C32H39F3N6O3/c1-39-12-9-27-23(19-39)10-14-43-16-17-44-15-13-40-20-26(30(38-40)22-7-8-22)31(42)36-11-3-4-24-18-25-28(37-27)5-2-6-29(25)41(24)21-32(33,34)35/h2,5-6,18,20,22-23,27,37H,7-17,19,21H2,1H3,(H,36,42)/t23-,27-/m0/s1. The molecule has 2 atom stereocenters. The largest absolute Gasteiger partial charge is 0.406 e. The van der Waals surface area contributed by atoms with Crippen molar-refractivity contribution < 1.29 is 27.4 Å². The zero-order chi connectivity index (χ0) is 30.7. The molecule has 0 radical (unpaired) electrons. The Bertz CT molecular complexity index is 1530. The molecule has 2 aromatic heterocycles. The van der Waals surface area contributed by atoms with Gasteiger partial charge in [0, 0.05) is 42.4 Å². The van der Waals surface area contributed by atoms with Crippen molar-refractivity contribution in [1.82, 2.24) is 24.6 Å². The van der Waals surface area contributed by atoms with Crippen LogP contribution in [0.25, 0.3) is 10.9 Å². The lowest BCUT2D eigenvalue weighted by Gasteiger charge is -2.38. The highest BCUT2D eigenvalue weighted by atomic mass is 19.4. The van der Waals surface area contributed by atoms with Gasteiger partial charge in [-0.25, -0.2) is 0 Å². The van der Waals surface area contributed by atoms with Crippen molar-refractivity contribution in [2.75, 3.05) is 58.4 Å². The smallest absolute Gasteiger partial charge is 0.381 e. The Labute approximate surface area is 255 Å². The van der Waals surface area contributed by atoms with Gasteiger partial charge in [0.25, 0.3) is 5.91 Å². The van der Waals surface area contributed by atoms with Crippen LogP contribution >= 0.6 is 0 Å². The van der Waals surface area contributed by atoms with E-state index in [-0.39, 0.29) is 30.1 Å². The van der Waals surface area contributed by atoms with Gasteiger partial charge in [-0.3, -0.25) is 9.48 Å². The van der Waals surface area contributed by atoms with E-state index in [9.17, 15) is 18.0 Å². The molecule has 4 heterocycles. The summed E-state index contributed by atoms with van der Waals surface area (Å²) in [6.45, 7) is 3.17. The molecule has 3 aliphatic rings. The Morgan fingerprint density at radius 3 is 2.68 bits per heavy atom. The van der Waals surface area contributed by atoms with E-state index in [0.29, 0.717) is 55.4 Å². The van der Waals surface area contributed by atoms with E-state index in [1.54, 1.807) is 29.1 Å². The predicted octanol–water partition coefficient (Wildman–Crippen LogP) is 4.23. The van der Waals surface area contributed by atoms with Gasteiger partial charge in [-0.05, 0) is 69.3 Å². The van der Waals surface area contributed by atoms with Crippen LogP contribution in [0, 0.1) is 17.8 Å². The molecule has 2 aliphatic heterocycles. The van der Waals surface area contributed by atoms with E-state index in [1.165, 1.54) is 4.57 Å². The van der Waals surface area contributed by atoms with Crippen LogP contribution in [0.2, 0.25) is 0 Å². The molecule has 0 unspecified atom stereocenters. The number of carbonyl (C=O) groups is 1. The van der Waals surface area contributed by atoms with Crippen LogP contribution in [0.3, 0.4) is 0 Å². The molecule has 3 aromatic rings. The Kier molecular flexibility index (Phi) is 9.16. The monoisotopic (exact) mass is 612 g/mol. The summed E-state index contributed by atoms with van der Waals surface area (Å²) in [6, 6.07) is 7.26. The predicted molar refractivity (Wildman–Crippen MR) is 161 cm³/mol. The minimum Gasteiger partial charge on any atom is -0.381 e. The molecule has 44 heavy (non-hydrogen) atoms. The van der Waals surface area contributed by atoms with E-state index in [4.69, 9.17) is 9.47 Å². The number of amides is 1. The van der Waals surface area contributed by atoms with Crippen LogP contribution in [-0.2, 0) is 22.6 Å². The molecule has 1 aliphatic carbocycles. The second-order valence-corrected chi connectivity index (χ2v) is 12.0. The number of ether oxygens (including phenoxy) is 2. The van der Waals surface area contributed by atoms with Gasteiger partial charge in [-0.1, -0.05) is 12.0 Å². The number of hydrogen-bond donors (Lipinski definition) is 2. The van der Waals surface area contributed by atoms with Gasteiger partial charge in [0.2, 0.25) is 0 Å². The van der Waals surface area contributed by atoms with E-state index in [0.717, 1.165) is 50.2 Å². The van der Waals surface area contributed by atoms with Gasteiger partial charge in [-0.2, -0.15) is 18.3 Å². The number of nitrogens with one attached hydrogen (secondary N) is 2. The molecule has 4 bridgehead atoms. The maximum Gasteiger partial charge on any atom is 0.406 e. The summed E-state index contributed by atoms with van der Waals surface area (Å²) in [7, 11) is 2.11. The molecule has 1 amide bonds. The molecule has 1 aromatic carbocycles. The average molecular weight is 613 g/mol. The molecule has 0 spiro atoms. The van der Waals surface area contributed by atoms with E-state index < -0.39 is 12.7 Å². The molecule has 6 rings (SSSR count). The van der Waals surface area contributed by atoms with Crippen molar-refractivity contribution in [2.45, 2.75) is 56.9 Å². The summed E-state index contributed by atoms with van der Waals surface area (Å²) in [6.07, 6.45) is 1.05. The zero-order valence-electron chi connectivity index (χ0n) is 25.0. The number of benzene rings is 1. The molecule has 1 saturated carbocycles. The first-order valence-corrected chi connectivity index (χ1v) is 15.4. The number of anilines is 1. The first-order chi connectivity index (χ1) is 21.2. The lowest BCUT2D eigenvalue weighted by Crippen LogP contribution is -2.45. The van der Waals surface area contributed by atoms with Crippen molar-refractivity contribution in [1.29, 1.82) is 0 Å². The summed E-state index contributed by atoms with van der Waals surface area (Å²) >= 11 is 0. The third-order valence-electron chi connectivity index (χ3n) is 8.58. The third-order valence-corrected chi connectivity index (χ3v) is 8.58. The van der Waals surface area contributed by atoms with E-state index in [2.05, 4.69) is 39.5 Å². The average Bonchev–Trinajstić information content (AvgIpc) is 3.65. The Hall–Kier alpha value is -3.53. The number of likely N-dealkylation sites (tertiary alicyclic amines) is 1. The Morgan fingerprint density at radius 1 is 1.07 bits per heavy atom. The highest BCUT2D eigenvalue weighted by molar-refractivity contribution is 5.96. The molecule has 9 nitrogen and oxygen atoms in total. The van der Waals surface area contributed by atoms with Crippen LogP contribution in [0.4, 0.5) is 18.9 Å². The lowest BCUT2D eigenvalue weighted by atomic mass is 9.89. The SMILES string of the molecule is CN1CC[C@@H]2Nc3cccc4c3cc(n4CC(F)(F)F)C#CCNC(=O)c3cn(nc3C3CC3)CCOCCOCC[C@H]2C1. The molecular weight excluding hydrogens is 573 g/mol. The number of nitrogens with zero attached hydrogens (tertiary/aromatic N) is 4. The summed E-state index contributed by atoms with van der Waals surface area (Å²) < 4.78 is 55.8. The van der Waals surface area contributed by atoms with Gasteiger partial charge in [0.15, 0.2) is 0 Å². The maximum absolute atomic E-state index is 13.7. The second kappa shape index (κ2) is 13.2. The molecule has 2 fully saturated rings. The van der Waals surface area contributed by atoms with Crippen molar-refractivity contribution in [3.63, 3.8) is 0 Å². The number of alkyl halides is 3. The lowest BCUT2D eigenvalue weighted by molar-refractivity contribution is -0.140. The van der Waals surface area contributed by atoms with Crippen LogP contribution in [0.1, 0.15) is 53.3 Å². The minimum absolute atomic E-state index is 0.00679.